The molecule has 0 aliphatic rings. The molecule has 0 N–H and O–H groups in total. The fourth-order valence-electron chi connectivity index (χ4n) is 8.68. The van der Waals surface area contributed by atoms with Crippen molar-refractivity contribution in [2.24, 2.45) is 0 Å². The molecule has 0 heterocycles. The van der Waals surface area contributed by atoms with E-state index in [1.807, 2.05) is 0 Å². The van der Waals surface area contributed by atoms with E-state index >= 15 is 0 Å². The number of ether oxygens (including phenoxy) is 3. The second kappa shape index (κ2) is 61.1. The van der Waals surface area contributed by atoms with Crippen LogP contribution in [0.2, 0.25) is 0 Å². The maximum atomic E-state index is 12.9. The molecule has 0 aromatic rings. The Morgan fingerprint density at radius 1 is 0.288 bits per heavy atom. The Bertz CT molecular complexity index is 1400. The quantitative estimate of drug-likeness (QED) is 0.0261. The van der Waals surface area contributed by atoms with Gasteiger partial charge in [0.05, 0.1) is 0 Å². The zero-order chi connectivity index (χ0) is 52.9. The van der Waals surface area contributed by atoms with Crippen LogP contribution in [0.1, 0.15) is 303 Å². The molecule has 0 aromatic carbocycles. The Hall–Kier alpha value is -3.41. The molecule has 0 spiro atoms. The first kappa shape index (κ1) is 69.6. The van der Waals surface area contributed by atoms with Crippen molar-refractivity contribution in [1.29, 1.82) is 0 Å². The normalized spacial score (nSPS) is 12.6. The van der Waals surface area contributed by atoms with Gasteiger partial charge < -0.3 is 14.2 Å². The van der Waals surface area contributed by atoms with E-state index in [4.69, 9.17) is 14.2 Å². The number of carbonyl (C=O) groups excluding carboxylic acids is 3. The molecule has 0 aliphatic carbocycles. The SMILES string of the molecule is CC/C=C\C/C=C\C/C=C\C/C=C\CCCCCCCCCCCCC(=O)OCC(COC(=O)CCCCCCC/C=C\CCCC)OC(=O)CCCCCCCCCCC/C=C\C/C=C\CCCCCCC. The lowest BCUT2D eigenvalue weighted by molar-refractivity contribution is -0.167. The molecule has 0 saturated heterocycles. The Morgan fingerprint density at radius 3 is 0.890 bits per heavy atom. The predicted molar refractivity (Wildman–Crippen MR) is 316 cm³/mol. The van der Waals surface area contributed by atoms with E-state index in [1.54, 1.807) is 0 Å². The lowest BCUT2D eigenvalue weighted by atomic mass is 10.1. The smallest absolute Gasteiger partial charge is 0.306 e. The minimum absolute atomic E-state index is 0.0822. The van der Waals surface area contributed by atoms with Gasteiger partial charge in [0.15, 0.2) is 6.10 Å². The number of carbonyl (C=O) groups is 3. The monoisotopic (exact) mass is 1020 g/mol. The lowest BCUT2D eigenvalue weighted by Gasteiger charge is -2.18. The van der Waals surface area contributed by atoms with Crippen LogP contribution in [0.25, 0.3) is 0 Å². The van der Waals surface area contributed by atoms with E-state index < -0.39 is 6.10 Å². The van der Waals surface area contributed by atoms with Crippen molar-refractivity contribution in [2.75, 3.05) is 13.2 Å². The molecule has 6 heteroatoms. The molecule has 0 aromatic heterocycles. The van der Waals surface area contributed by atoms with Gasteiger partial charge in [0.1, 0.15) is 13.2 Å². The van der Waals surface area contributed by atoms with Crippen molar-refractivity contribution in [1.82, 2.24) is 0 Å². The van der Waals surface area contributed by atoms with Crippen LogP contribution in [0.5, 0.6) is 0 Å². The third-order valence-electron chi connectivity index (χ3n) is 13.4. The maximum Gasteiger partial charge on any atom is 0.306 e. The van der Waals surface area contributed by atoms with E-state index in [0.717, 1.165) is 96.3 Å². The van der Waals surface area contributed by atoms with Crippen LogP contribution in [0.4, 0.5) is 0 Å². The number of hydrogen-bond acceptors (Lipinski definition) is 6. The molecule has 0 saturated carbocycles. The van der Waals surface area contributed by atoms with Gasteiger partial charge in [0.2, 0.25) is 0 Å². The molecule has 1 atom stereocenters. The van der Waals surface area contributed by atoms with Gasteiger partial charge >= 0.3 is 17.9 Å². The molecule has 0 amide bonds. The standard InChI is InChI=1S/C67H116O6/c1-4-7-10-13-16-19-22-24-26-28-30-32-33-35-36-38-40-42-45-48-51-54-57-60-66(69)72-63-64(62-71-65(68)59-56-53-50-47-44-21-18-15-12-9-6-3)73-67(70)61-58-55-52-49-46-43-41-39-37-34-31-29-27-25-23-20-17-14-11-8-5-2/h7,10,15-16,18-19,23-26,29-32,64H,4-6,8-9,11-14,17,20-22,27-28,33-63H2,1-3H3/b10-7-,18-15-,19-16-,25-23-,26-24-,31-29-,32-30-. The average molecular weight is 1020 g/mol. The van der Waals surface area contributed by atoms with E-state index in [2.05, 4.69) is 106 Å². The van der Waals surface area contributed by atoms with E-state index in [0.29, 0.717) is 19.3 Å². The van der Waals surface area contributed by atoms with Crippen molar-refractivity contribution >= 4 is 17.9 Å². The molecule has 420 valence electrons. The number of rotatable bonds is 56. The van der Waals surface area contributed by atoms with Gasteiger partial charge in [0.25, 0.3) is 0 Å². The summed E-state index contributed by atoms with van der Waals surface area (Å²) < 4.78 is 16.9. The highest BCUT2D eigenvalue weighted by molar-refractivity contribution is 5.71. The third-order valence-corrected chi connectivity index (χ3v) is 13.4. The van der Waals surface area contributed by atoms with Crippen LogP contribution in [-0.4, -0.2) is 37.2 Å². The Kier molecular flexibility index (Phi) is 58.3. The summed E-state index contributed by atoms with van der Waals surface area (Å²) in [5.41, 5.74) is 0. The Morgan fingerprint density at radius 2 is 0.548 bits per heavy atom. The molecule has 0 fully saturated rings. The Balaban J connectivity index is 4.30. The fraction of sp³-hybridized carbons (Fsp3) is 0.746. The Labute approximate surface area is 452 Å². The summed E-state index contributed by atoms with van der Waals surface area (Å²) in [6, 6.07) is 0. The van der Waals surface area contributed by atoms with E-state index in [-0.39, 0.29) is 31.1 Å². The van der Waals surface area contributed by atoms with Crippen molar-refractivity contribution in [3.63, 3.8) is 0 Å². The van der Waals surface area contributed by atoms with E-state index in [9.17, 15) is 14.4 Å². The number of esters is 3. The summed E-state index contributed by atoms with van der Waals surface area (Å²) >= 11 is 0. The van der Waals surface area contributed by atoms with Crippen molar-refractivity contribution in [2.45, 2.75) is 309 Å². The highest BCUT2D eigenvalue weighted by Crippen LogP contribution is 2.16. The first-order valence-corrected chi connectivity index (χ1v) is 31.1. The summed E-state index contributed by atoms with van der Waals surface area (Å²) in [4.78, 5) is 38.2. The molecule has 1 unspecified atom stereocenters. The second-order valence-corrected chi connectivity index (χ2v) is 20.6. The number of allylic oxidation sites excluding steroid dienone is 14. The molecule has 73 heavy (non-hydrogen) atoms. The highest BCUT2D eigenvalue weighted by Gasteiger charge is 2.19. The zero-order valence-electron chi connectivity index (χ0n) is 48.1. The number of unbranched alkanes of at least 4 members (excludes halogenated alkanes) is 31. The van der Waals surface area contributed by atoms with Crippen molar-refractivity contribution in [3.8, 4) is 0 Å². The van der Waals surface area contributed by atoms with E-state index in [1.165, 1.54) is 167 Å². The summed E-state index contributed by atoms with van der Waals surface area (Å²) in [7, 11) is 0. The predicted octanol–water partition coefficient (Wildman–Crippen LogP) is 21.1. The molecule has 0 bridgehead atoms. The molecule has 0 aliphatic heterocycles. The van der Waals surface area contributed by atoms with Gasteiger partial charge in [0, 0.05) is 19.3 Å². The van der Waals surface area contributed by atoms with Gasteiger partial charge in [-0.1, -0.05) is 260 Å². The van der Waals surface area contributed by atoms with Crippen molar-refractivity contribution < 1.29 is 28.6 Å². The lowest BCUT2D eigenvalue weighted by Crippen LogP contribution is -2.30. The highest BCUT2D eigenvalue weighted by atomic mass is 16.6. The molecular formula is C67H116O6. The van der Waals surface area contributed by atoms with Gasteiger partial charge in [-0.3, -0.25) is 14.4 Å². The van der Waals surface area contributed by atoms with Crippen LogP contribution in [-0.2, 0) is 28.6 Å². The van der Waals surface area contributed by atoms with Crippen LogP contribution in [0.15, 0.2) is 85.1 Å². The number of hydrogen-bond donors (Lipinski definition) is 0. The van der Waals surface area contributed by atoms with Gasteiger partial charge in [-0.05, 0) is 109 Å². The molecule has 0 radical (unpaired) electrons. The van der Waals surface area contributed by atoms with Gasteiger partial charge in [-0.2, -0.15) is 0 Å². The summed E-state index contributed by atoms with van der Waals surface area (Å²) in [6.07, 6.45) is 80.1. The van der Waals surface area contributed by atoms with Crippen LogP contribution >= 0.6 is 0 Å². The van der Waals surface area contributed by atoms with Crippen molar-refractivity contribution in [3.05, 3.63) is 85.1 Å². The first-order chi connectivity index (χ1) is 36.0. The minimum Gasteiger partial charge on any atom is -0.462 e. The third kappa shape index (κ3) is 59.3. The molecular weight excluding hydrogens is 901 g/mol. The second-order valence-electron chi connectivity index (χ2n) is 20.6. The minimum atomic E-state index is -0.784. The van der Waals surface area contributed by atoms with Crippen LogP contribution < -0.4 is 0 Å². The first-order valence-electron chi connectivity index (χ1n) is 31.1. The summed E-state index contributed by atoms with van der Waals surface area (Å²) in [5, 5.41) is 0. The van der Waals surface area contributed by atoms with Gasteiger partial charge in [-0.25, -0.2) is 0 Å². The zero-order valence-corrected chi connectivity index (χ0v) is 48.1. The maximum absolute atomic E-state index is 12.9. The topological polar surface area (TPSA) is 78.9 Å². The molecule has 6 nitrogen and oxygen atoms in total. The summed E-state index contributed by atoms with van der Waals surface area (Å²) in [6.45, 7) is 6.49. The van der Waals surface area contributed by atoms with Gasteiger partial charge in [-0.15, -0.1) is 0 Å². The summed E-state index contributed by atoms with van der Waals surface area (Å²) in [5.74, 6) is -0.891. The fourth-order valence-corrected chi connectivity index (χ4v) is 8.68. The average Bonchev–Trinajstić information content (AvgIpc) is 3.39. The molecule has 0 rings (SSSR count). The largest absolute Gasteiger partial charge is 0.462 e. The van der Waals surface area contributed by atoms with Crippen LogP contribution in [0, 0.1) is 0 Å². The van der Waals surface area contributed by atoms with Crippen LogP contribution in [0.3, 0.4) is 0 Å².